The average molecular weight is 1090 g/mol. The molecule has 0 spiro atoms. The van der Waals surface area contributed by atoms with Crippen molar-refractivity contribution >= 4 is 17.9 Å². The van der Waals surface area contributed by atoms with Crippen LogP contribution in [0.3, 0.4) is 0 Å². The van der Waals surface area contributed by atoms with Crippen LogP contribution in [0.4, 0.5) is 0 Å². The molecule has 0 saturated heterocycles. The molecule has 0 aromatic heterocycles. The number of rotatable bonds is 64. The zero-order valence-corrected chi connectivity index (χ0v) is 52.5. The van der Waals surface area contributed by atoms with Gasteiger partial charge in [0.25, 0.3) is 0 Å². The lowest BCUT2D eigenvalue weighted by atomic mass is 10.0. The van der Waals surface area contributed by atoms with Crippen molar-refractivity contribution in [1.29, 1.82) is 0 Å². The summed E-state index contributed by atoms with van der Waals surface area (Å²) in [5.74, 6) is -0.840. The monoisotopic (exact) mass is 1090 g/mol. The van der Waals surface area contributed by atoms with E-state index in [-0.39, 0.29) is 31.1 Å². The van der Waals surface area contributed by atoms with E-state index in [1.807, 2.05) is 0 Å². The Balaban J connectivity index is 4.26. The van der Waals surface area contributed by atoms with Crippen LogP contribution < -0.4 is 0 Å². The number of carbonyl (C=O) groups excluding carboxylic acids is 3. The molecule has 0 amide bonds. The molecule has 6 heteroatoms. The molecule has 78 heavy (non-hydrogen) atoms. The van der Waals surface area contributed by atoms with Gasteiger partial charge in [0.15, 0.2) is 6.10 Å². The topological polar surface area (TPSA) is 78.9 Å². The van der Waals surface area contributed by atoms with Crippen molar-refractivity contribution in [1.82, 2.24) is 0 Å². The molecule has 0 radical (unpaired) electrons. The van der Waals surface area contributed by atoms with Crippen LogP contribution >= 0.6 is 0 Å². The zero-order valence-electron chi connectivity index (χ0n) is 52.5. The third-order valence-corrected chi connectivity index (χ3v) is 15.6. The summed E-state index contributed by atoms with van der Waals surface area (Å²) in [6.45, 7) is 6.60. The van der Waals surface area contributed by atoms with Crippen LogP contribution in [0.5, 0.6) is 0 Å². The highest BCUT2D eigenvalue weighted by molar-refractivity contribution is 5.71. The van der Waals surface area contributed by atoms with Crippen LogP contribution in [0.25, 0.3) is 0 Å². The van der Waals surface area contributed by atoms with Crippen molar-refractivity contribution < 1.29 is 28.6 Å². The van der Waals surface area contributed by atoms with E-state index >= 15 is 0 Å². The third kappa shape index (κ3) is 64.2. The van der Waals surface area contributed by atoms with Crippen LogP contribution in [0.15, 0.2) is 48.6 Å². The molecule has 6 nitrogen and oxygen atoms in total. The molecule has 1 atom stereocenters. The predicted octanol–water partition coefficient (Wildman–Crippen LogP) is 23.7. The number of carbonyl (C=O) groups is 3. The quantitative estimate of drug-likeness (QED) is 0.0261. The molecule has 0 saturated carbocycles. The van der Waals surface area contributed by atoms with Gasteiger partial charge in [-0.1, -0.05) is 345 Å². The Kier molecular flexibility index (Phi) is 64.6. The summed E-state index contributed by atoms with van der Waals surface area (Å²) >= 11 is 0. The fourth-order valence-electron chi connectivity index (χ4n) is 10.4. The van der Waals surface area contributed by atoms with Gasteiger partial charge < -0.3 is 14.2 Å². The van der Waals surface area contributed by atoms with E-state index < -0.39 is 6.10 Å². The minimum Gasteiger partial charge on any atom is -0.462 e. The third-order valence-electron chi connectivity index (χ3n) is 15.6. The maximum Gasteiger partial charge on any atom is 0.306 e. The Bertz CT molecular complexity index is 1350. The molecule has 0 aliphatic rings. The smallest absolute Gasteiger partial charge is 0.306 e. The summed E-state index contributed by atoms with van der Waals surface area (Å²) in [6.07, 6.45) is 84.2. The molecule has 0 aromatic rings. The van der Waals surface area contributed by atoms with Crippen LogP contribution in [-0.4, -0.2) is 37.2 Å². The number of ether oxygens (including phenoxy) is 3. The van der Waals surface area contributed by atoms with E-state index in [0.717, 1.165) is 83.5 Å². The Labute approximate surface area is 486 Å². The molecule has 0 rings (SSSR count). The van der Waals surface area contributed by atoms with E-state index in [1.54, 1.807) is 0 Å². The van der Waals surface area contributed by atoms with Gasteiger partial charge in [0, 0.05) is 19.3 Å². The minimum absolute atomic E-state index is 0.0670. The van der Waals surface area contributed by atoms with Gasteiger partial charge in [0.05, 0.1) is 0 Å². The second-order valence-corrected chi connectivity index (χ2v) is 23.4. The van der Waals surface area contributed by atoms with Crippen LogP contribution in [0.1, 0.15) is 374 Å². The van der Waals surface area contributed by atoms with E-state index in [9.17, 15) is 14.4 Å². The molecule has 0 aliphatic carbocycles. The average Bonchev–Trinajstić information content (AvgIpc) is 3.44. The standard InChI is InChI=1S/C72H132O6/c1-4-7-10-13-16-19-22-25-28-30-32-34-35-36-37-39-40-42-44-47-50-53-56-59-62-65-71(74)77-68-69(67-76-70(73)64-61-58-55-52-49-46-27-24-21-18-15-12-9-6-3)78-72(75)66-63-60-57-54-51-48-45-43-41-38-33-31-29-26-23-20-17-14-11-8-5-2/h7,10,16,19,25,28,32,34,69H,4-6,8-9,11-15,17-18,20-24,26-27,29-31,33,35-68H2,1-3H3/b10-7-,19-16-,28-25-,34-32-. The molecule has 1 unspecified atom stereocenters. The maximum atomic E-state index is 12.9. The van der Waals surface area contributed by atoms with Crippen molar-refractivity contribution in [2.75, 3.05) is 13.2 Å². The fourth-order valence-corrected chi connectivity index (χ4v) is 10.4. The molecular formula is C72H132O6. The summed E-state index contributed by atoms with van der Waals surface area (Å²) in [6, 6.07) is 0. The first kappa shape index (κ1) is 75.4. The summed E-state index contributed by atoms with van der Waals surface area (Å²) in [5.41, 5.74) is 0. The normalized spacial score (nSPS) is 12.3. The number of hydrogen-bond donors (Lipinski definition) is 0. The van der Waals surface area contributed by atoms with E-state index in [0.29, 0.717) is 19.3 Å². The molecular weight excluding hydrogens is 961 g/mol. The first-order valence-corrected chi connectivity index (χ1v) is 34.6. The molecule has 0 aliphatic heterocycles. The van der Waals surface area contributed by atoms with Crippen molar-refractivity contribution in [2.24, 2.45) is 0 Å². The van der Waals surface area contributed by atoms with E-state index in [1.165, 1.54) is 250 Å². The second kappa shape index (κ2) is 66.9. The van der Waals surface area contributed by atoms with Crippen LogP contribution in [0, 0.1) is 0 Å². The van der Waals surface area contributed by atoms with Gasteiger partial charge in [-0.25, -0.2) is 0 Å². The molecule has 0 N–H and O–H groups in total. The van der Waals surface area contributed by atoms with Gasteiger partial charge in [-0.3, -0.25) is 14.4 Å². The summed E-state index contributed by atoms with van der Waals surface area (Å²) in [5, 5.41) is 0. The van der Waals surface area contributed by atoms with Crippen molar-refractivity contribution in [3.05, 3.63) is 48.6 Å². The van der Waals surface area contributed by atoms with Gasteiger partial charge in [0.1, 0.15) is 13.2 Å². The lowest BCUT2D eigenvalue weighted by Gasteiger charge is -2.18. The van der Waals surface area contributed by atoms with Gasteiger partial charge >= 0.3 is 17.9 Å². The Morgan fingerprint density at radius 1 is 0.269 bits per heavy atom. The highest BCUT2D eigenvalue weighted by atomic mass is 16.6. The number of allylic oxidation sites excluding steroid dienone is 8. The summed E-state index contributed by atoms with van der Waals surface area (Å²) < 4.78 is 17.0. The summed E-state index contributed by atoms with van der Waals surface area (Å²) in [4.78, 5) is 38.4. The highest BCUT2D eigenvalue weighted by Gasteiger charge is 2.19. The molecule has 0 aromatic carbocycles. The maximum absolute atomic E-state index is 12.9. The van der Waals surface area contributed by atoms with Crippen molar-refractivity contribution in [2.45, 2.75) is 380 Å². The Morgan fingerprint density at radius 2 is 0.500 bits per heavy atom. The number of unbranched alkanes of at least 4 members (excludes halogenated alkanes) is 45. The largest absolute Gasteiger partial charge is 0.462 e. The van der Waals surface area contributed by atoms with E-state index in [2.05, 4.69) is 69.4 Å². The first-order valence-electron chi connectivity index (χ1n) is 34.6. The zero-order chi connectivity index (χ0) is 56.4. The van der Waals surface area contributed by atoms with E-state index in [4.69, 9.17) is 14.2 Å². The van der Waals surface area contributed by atoms with Gasteiger partial charge in [-0.2, -0.15) is 0 Å². The Hall–Kier alpha value is -2.63. The van der Waals surface area contributed by atoms with Gasteiger partial charge in [-0.05, 0) is 57.8 Å². The SMILES string of the molecule is CC/C=C\C/C=C\C/C=C\C/C=C\CCCCCCCCCCCCCCC(=O)OCC(COC(=O)CCCCCCCCCCCCCCCC)OC(=O)CCCCCCCCCCCCCCCCCCCCCCC. The number of hydrogen-bond acceptors (Lipinski definition) is 6. The Morgan fingerprint density at radius 3 is 0.782 bits per heavy atom. The molecule has 0 heterocycles. The minimum atomic E-state index is -0.771. The van der Waals surface area contributed by atoms with Gasteiger partial charge in [-0.15, -0.1) is 0 Å². The van der Waals surface area contributed by atoms with Gasteiger partial charge in [0.2, 0.25) is 0 Å². The van der Waals surface area contributed by atoms with Crippen molar-refractivity contribution in [3.8, 4) is 0 Å². The number of esters is 3. The van der Waals surface area contributed by atoms with Crippen molar-refractivity contribution in [3.63, 3.8) is 0 Å². The highest BCUT2D eigenvalue weighted by Crippen LogP contribution is 2.18. The fraction of sp³-hybridized carbons (Fsp3) is 0.847. The lowest BCUT2D eigenvalue weighted by molar-refractivity contribution is -0.167. The lowest BCUT2D eigenvalue weighted by Crippen LogP contribution is -2.30. The predicted molar refractivity (Wildman–Crippen MR) is 339 cm³/mol. The second-order valence-electron chi connectivity index (χ2n) is 23.4. The summed E-state index contributed by atoms with van der Waals surface area (Å²) in [7, 11) is 0. The molecule has 0 fully saturated rings. The van der Waals surface area contributed by atoms with Crippen LogP contribution in [0.2, 0.25) is 0 Å². The first-order chi connectivity index (χ1) is 38.5. The molecule has 456 valence electrons. The molecule has 0 bridgehead atoms. The van der Waals surface area contributed by atoms with Crippen LogP contribution in [-0.2, 0) is 28.6 Å².